The van der Waals surface area contributed by atoms with Crippen LogP contribution in [-0.4, -0.2) is 21.9 Å². The third-order valence-corrected chi connectivity index (χ3v) is 4.45. The lowest BCUT2D eigenvalue weighted by atomic mass is 9.61. The summed E-state index contributed by atoms with van der Waals surface area (Å²) in [6, 6.07) is 0. The fourth-order valence-electron chi connectivity index (χ4n) is 1.58. The molecule has 0 amide bonds. The van der Waals surface area contributed by atoms with Crippen molar-refractivity contribution in [3.63, 3.8) is 0 Å². The minimum atomic E-state index is -0.890. The molecule has 0 heterocycles. The molecule has 92 valence electrons. The standard InChI is InChI=1S/C13H28O2/c1-9(2)11(3,4)10(14)12(5,6)13(7,8)15/h9-10,14-15H,1-8H3. The molecule has 0 spiro atoms. The van der Waals surface area contributed by atoms with Crippen LogP contribution in [0.5, 0.6) is 0 Å². The van der Waals surface area contributed by atoms with Gasteiger partial charge in [0, 0.05) is 5.41 Å². The second kappa shape index (κ2) is 4.06. The third kappa shape index (κ3) is 2.73. The predicted molar refractivity (Wildman–Crippen MR) is 64.7 cm³/mol. The Morgan fingerprint density at radius 3 is 1.40 bits per heavy atom. The summed E-state index contributed by atoms with van der Waals surface area (Å²) in [5.74, 6) is 0.370. The van der Waals surface area contributed by atoms with Gasteiger partial charge in [-0.2, -0.15) is 0 Å². The Bertz CT molecular complexity index is 209. The van der Waals surface area contributed by atoms with Crippen molar-refractivity contribution >= 4 is 0 Å². The highest BCUT2D eigenvalue weighted by Crippen LogP contribution is 2.44. The molecule has 1 unspecified atom stereocenters. The molecule has 0 aliphatic rings. The summed E-state index contributed by atoms with van der Waals surface area (Å²) in [4.78, 5) is 0. The highest BCUT2D eigenvalue weighted by molar-refractivity contribution is 4.98. The van der Waals surface area contributed by atoms with Crippen LogP contribution in [0.4, 0.5) is 0 Å². The topological polar surface area (TPSA) is 40.5 Å². The quantitative estimate of drug-likeness (QED) is 0.758. The molecule has 0 aromatic heterocycles. The molecule has 0 fully saturated rings. The van der Waals surface area contributed by atoms with Gasteiger partial charge in [0.05, 0.1) is 11.7 Å². The van der Waals surface area contributed by atoms with E-state index in [1.54, 1.807) is 13.8 Å². The fraction of sp³-hybridized carbons (Fsp3) is 1.00. The SMILES string of the molecule is CC(C)C(C)(C)C(O)C(C)(C)C(C)(C)O. The first-order valence-electron chi connectivity index (χ1n) is 5.75. The van der Waals surface area contributed by atoms with E-state index in [-0.39, 0.29) is 5.41 Å². The van der Waals surface area contributed by atoms with Crippen LogP contribution in [-0.2, 0) is 0 Å². The Hall–Kier alpha value is -0.0800. The molecule has 2 N–H and O–H groups in total. The van der Waals surface area contributed by atoms with E-state index in [1.807, 2.05) is 13.8 Å². The van der Waals surface area contributed by atoms with Gasteiger partial charge in [0.25, 0.3) is 0 Å². The lowest BCUT2D eigenvalue weighted by Crippen LogP contribution is -2.54. The molecule has 0 radical (unpaired) electrons. The zero-order valence-corrected chi connectivity index (χ0v) is 11.5. The van der Waals surface area contributed by atoms with Crippen LogP contribution in [0, 0.1) is 16.7 Å². The van der Waals surface area contributed by atoms with Crippen LogP contribution in [0.15, 0.2) is 0 Å². The van der Waals surface area contributed by atoms with Gasteiger partial charge >= 0.3 is 0 Å². The van der Waals surface area contributed by atoms with E-state index in [4.69, 9.17) is 0 Å². The molecule has 0 aromatic carbocycles. The summed E-state index contributed by atoms with van der Waals surface area (Å²) in [6.07, 6.45) is -0.537. The van der Waals surface area contributed by atoms with E-state index < -0.39 is 17.1 Å². The van der Waals surface area contributed by atoms with Gasteiger partial charge in [0.15, 0.2) is 0 Å². The summed E-state index contributed by atoms with van der Waals surface area (Å²) in [6.45, 7) is 15.7. The van der Waals surface area contributed by atoms with Crippen molar-refractivity contribution in [2.45, 2.75) is 67.1 Å². The van der Waals surface area contributed by atoms with Crippen molar-refractivity contribution in [3.05, 3.63) is 0 Å². The number of hydrogen-bond acceptors (Lipinski definition) is 2. The van der Waals surface area contributed by atoms with Crippen LogP contribution in [0.3, 0.4) is 0 Å². The average molecular weight is 216 g/mol. The maximum absolute atomic E-state index is 10.5. The van der Waals surface area contributed by atoms with Gasteiger partial charge in [-0.05, 0) is 25.2 Å². The molecule has 2 nitrogen and oxygen atoms in total. The molecule has 0 saturated carbocycles. The minimum Gasteiger partial charge on any atom is -0.392 e. The molecule has 2 heteroatoms. The maximum atomic E-state index is 10.5. The molecule has 0 saturated heterocycles. The lowest BCUT2D eigenvalue weighted by Gasteiger charge is -2.49. The van der Waals surface area contributed by atoms with Crippen LogP contribution in [0.2, 0.25) is 0 Å². The number of rotatable bonds is 4. The van der Waals surface area contributed by atoms with Gasteiger partial charge in [0.2, 0.25) is 0 Å². The van der Waals surface area contributed by atoms with E-state index in [1.165, 1.54) is 0 Å². The van der Waals surface area contributed by atoms with E-state index in [2.05, 4.69) is 27.7 Å². The predicted octanol–water partition coefficient (Wildman–Crippen LogP) is 2.83. The van der Waals surface area contributed by atoms with Crippen LogP contribution in [0.1, 0.15) is 55.4 Å². The second-order valence-electron chi connectivity index (χ2n) is 6.66. The Kier molecular flexibility index (Phi) is 4.04. The molecule has 1 atom stereocenters. The highest BCUT2D eigenvalue weighted by atomic mass is 16.3. The zero-order valence-electron chi connectivity index (χ0n) is 11.5. The van der Waals surface area contributed by atoms with Gasteiger partial charge in [0.1, 0.15) is 0 Å². The van der Waals surface area contributed by atoms with Crippen molar-refractivity contribution in [2.75, 3.05) is 0 Å². The summed E-state index contributed by atoms with van der Waals surface area (Å²) in [5.41, 5.74) is -1.62. The van der Waals surface area contributed by atoms with E-state index >= 15 is 0 Å². The van der Waals surface area contributed by atoms with Crippen molar-refractivity contribution in [2.24, 2.45) is 16.7 Å². The Morgan fingerprint density at radius 2 is 1.20 bits per heavy atom. The van der Waals surface area contributed by atoms with E-state index in [0.717, 1.165) is 0 Å². The first kappa shape index (κ1) is 14.9. The highest BCUT2D eigenvalue weighted by Gasteiger charge is 2.48. The third-order valence-electron chi connectivity index (χ3n) is 4.45. The van der Waals surface area contributed by atoms with Gasteiger partial charge < -0.3 is 10.2 Å². The normalized spacial score (nSPS) is 17.0. The first-order valence-corrected chi connectivity index (χ1v) is 5.75. The molecular formula is C13H28O2. The molecule has 0 aliphatic carbocycles. The van der Waals surface area contributed by atoms with Crippen molar-refractivity contribution in [1.82, 2.24) is 0 Å². The molecular weight excluding hydrogens is 188 g/mol. The molecule has 0 aliphatic heterocycles. The maximum Gasteiger partial charge on any atom is 0.0671 e. The fourth-order valence-corrected chi connectivity index (χ4v) is 1.58. The molecule has 0 rings (SSSR count). The van der Waals surface area contributed by atoms with Crippen LogP contribution in [0.25, 0.3) is 0 Å². The van der Waals surface area contributed by atoms with Crippen molar-refractivity contribution < 1.29 is 10.2 Å². The molecule has 0 bridgehead atoms. The van der Waals surface area contributed by atoms with Gasteiger partial charge in [-0.1, -0.05) is 41.5 Å². The zero-order chi connectivity index (χ0) is 12.7. The van der Waals surface area contributed by atoms with Crippen LogP contribution < -0.4 is 0 Å². The lowest BCUT2D eigenvalue weighted by molar-refractivity contribution is -0.150. The Labute approximate surface area is 94.7 Å². The average Bonchev–Trinajstić information content (AvgIpc) is 2.00. The van der Waals surface area contributed by atoms with Gasteiger partial charge in [-0.15, -0.1) is 0 Å². The summed E-state index contributed by atoms with van der Waals surface area (Å²) >= 11 is 0. The van der Waals surface area contributed by atoms with E-state index in [9.17, 15) is 10.2 Å². The summed E-state index contributed by atoms with van der Waals surface area (Å²) < 4.78 is 0. The number of hydrogen-bond donors (Lipinski definition) is 2. The Morgan fingerprint density at radius 1 is 0.867 bits per heavy atom. The van der Waals surface area contributed by atoms with Crippen molar-refractivity contribution in [3.8, 4) is 0 Å². The van der Waals surface area contributed by atoms with Crippen LogP contribution >= 0.6 is 0 Å². The largest absolute Gasteiger partial charge is 0.392 e. The van der Waals surface area contributed by atoms with Crippen molar-refractivity contribution in [1.29, 1.82) is 0 Å². The van der Waals surface area contributed by atoms with Gasteiger partial charge in [-0.3, -0.25) is 0 Å². The minimum absolute atomic E-state index is 0.205. The molecule has 0 aromatic rings. The first-order chi connectivity index (χ1) is 6.35. The number of aliphatic hydroxyl groups excluding tert-OH is 1. The molecule has 15 heavy (non-hydrogen) atoms. The number of aliphatic hydroxyl groups is 2. The Balaban J connectivity index is 5.09. The second-order valence-corrected chi connectivity index (χ2v) is 6.66. The monoisotopic (exact) mass is 216 g/mol. The smallest absolute Gasteiger partial charge is 0.0671 e. The van der Waals surface area contributed by atoms with Gasteiger partial charge in [-0.25, -0.2) is 0 Å². The summed E-state index contributed by atoms with van der Waals surface area (Å²) in [5, 5.41) is 20.6. The van der Waals surface area contributed by atoms with E-state index in [0.29, 0.717) is 5.92 Å². The summed E-state index contributed by atoms with van der Waals surface area (Å²) in [7, 11) is 0.